The summed E-state index contributed by atoms with van der Waals surface area (Å²) in [6.45, 7) is 0. The normalized spacial score (nSPS) is 13.5. The Morgan fingerprint density at radius 3 is 0.893 bits per heavy atom. The van der Waals surface area contributed by atoms with Gasteiger partial charge in [-0.3, -0.25) is 37.5 Å². The van der Waals surface area contributed by atoms with Crippen LogP contribution in [0.4, 0.5) is 0 Å². The highest BCUT2D eigenvalue weighted by atomic mass is 15.1. The smallest absolute Gasteiger partial charge is 0.146 e. The number of fused-ring (bicyclic) bond motifs is 62. The number of aromatic nitrogens is 12. The Morgan fingerprint density at radius 2 is 0.436 bits per heavy atom. The minimum Gasteiger partial charge on any atom is -0.290 e. The second-order valence-electron chi connectivity index (χ2n) is 39.2. The van der Waals surface area contributed by atoms with Crippen LogP contribution in [0, 0.1) is 0 Å². The minimum atomic E-state index is 0.964. The third kappa shape index (κ3) is 10.2. The molecule has 140 heavy (non-hydrogen) atoms. The average Bonchev–Trinajstić information content (AvgIpc) is 1.51. The van der Waals surface area contributed by atoms with E-state index in [-0.39, 0.29) is 0 Å². The molecule has 12 aromatic heterocycles. The number of benzene rings is 16. The van der Waals surface area contributed by atoms with Crippen LogP contribution in [0.2, 0.25) is 0 Å². The maximum atomic E-state index is 5.10. The van der Waals surface area contributed by atoms with Gasteiger partial charge in [0.15, 0.2) is 0 Å². The Kier molecular flexibility index (Phi) is 15.0. The zero-order valence-corrected chi connectivity index (χ0v) is 75.7. The van der Waals surface area contributed by atoms with Crippen LogP contribution in [0.25, 0.3) is 243 Å². The molecule has 0 N–H and O–H groups in total. The number of hydrogen-bond donors (Lipinski definition) is 0. The van der Waals surface area contributed by atoms with Crippen LogP contribution in [-0.4, -0.2) is 57.5 Å². The highest BCUT2D eigenvalue weighted by Gasteiger charge is 2.37. The molecular formula is C128H76N12. The van der Waals surface area contributed by atoms with Gasteiger partial charge in [-0.25, -0.2) is 19.9 Å². The lowest BCUT2D eigenvalue weighted by molar-refractivity contribution is 1.16. The largest absolute Gasteiger partial charge is 0.290 e. The lowest BCUT2D eigenvalue weighted by Gasteiger charge is -2.13. The molecule has 12 heteroatoms. The summed E-state index contributed by atoms with van der Waals surface area (Å²) < 4.78 is 9.12. The molecular weight excluding hydrogens is 1710 g/mol. The molecule has 0 aliphatic heterocycles. The molecule has 0 amide bonds. The van der Waals surface area contributed by atoms with E-state index in [1.54, 1.807) is 0 Å². The molecule has 28 aromatic rings. The van der Waals surface area contributed by atoms with Crippen LogP contribution >= 0.6 is 0 Å². The molecule has 0 saturated heterocycles. The standard InChI is InChI=1S/4C32H19N3/c1-2-7-21-18(6-1)16-19-11-13-22-24(28(19)21)17-20-12-14-23-30(29(20)22)31-27(10-5-15-33-31)35-26-9-4-3-8-25(26)34-32(23)35;1-2-7-20-18(6-1)16-24-21(20)13-14-22-25(24)17-19-11-12-23-30(29(19)22)31-28(10-5-15-33-31)35-27-9-4-3-8-26(27)34-32(23)35;1-2-7-22-18(6-1)14-20-17-25-21(16-24(20)22)15-19-11-12-23-30(29(19)25)31-28(10-5-13-33-31)35-27-9-4-3-8-26(27)34-32(23)35;1-2-7-22-18(6-1)14-20-16-21-15-19-11-12-23-30(29(19)25(21)17-24(20)22)31-28(10-5-13-33-31)35-27-9-4-3-8-26(27)34-32(23)35/h2*1-15H,16-17H2;2*1-13,16-17H,14-15H2. The number of rotatable bonds is 0. The number of pyridine rings is 8. The Hall–Kier alpha value is -18.0. The second kappa shape index (κ2) is 27.9. The van der Waals surface area contributed by atoms with Gasteiger partial charge in [-0.15, -0.1) is 0 Å². The molecule has 12 nitrogen and oxygen atoms in total. The molecule has 8 aliphatic rings. The second-order valence-corrected chi connectivity index (χ2v) is 39.2. The van der Waals surface area contributed by atoms with Gasteiger partial charge in [0.05, 0.1) is 88.3 Å². The van der Waals surface area contributed by atoms with Crippen LogP contribution in [-0.2, 0) is 51.4 Å². The summed E-state index contributed by atoms with van der Waals surface area (Å²) in [5.41, 5.74) is 66.1. The van der Waals surface area contributed by atoms with Crippen molar-refractivity contribution < 1.29 is 0 Å². The van der Waals surface area contributed by atoms with Crippen LogP contribution in [0.3, 0.4) is 0 Å². The molecule has 0 atom stereocenters. The van der Waals surface area contributed by atoms with E-state index in [1.165, 1.54) is 221 Å². The van der Waals surface area contributed by atoms with Gasteiger partial charge in [-0.1, -0.05) is 224 Å². The van der Waals surface area contributed by atoms with Crippen molar-refractivity contribution in [1.29, 1.82) is 0 Å². The maximum absolute atomic E-state index is 5.10. The lowest BCUT2D eigenvalue weighted by Crippen LogP contribution is -1.95. The fourth-order valence-corrected chi connectivity index (χ4v) is 26.5. The van der Waals surface area contributed by atoms with Crippen molar-refractivity contribution >= 4 is 154 Å². The van der Waals surface area contributed by atoms with Crippen molar-refractivity contribution in [1.82, 2.24) is 57.5 Å². The number of nitrogens with zero attached hydrogens (tertiary/aromatic N) is 12. The van der Waals surface area contributed by atoms with Gasteiger partial charge in [0.2, 0.25) is 0 Å². The van der Waals surface area contributed by atoms with Gasteiger partial charge in [0, 0.05) is 67.9 Å². The van der Waals surface area contributed by atoms with E-state index >= 15 is 0 Å². The number of hydrogen-bond acceptors (Lipinski definition) is 8. The predicted molar refractivity (Wildman–Crippen MR) is 568 cm³/mol. The molecule has 12 heterocycles. The van der Waals surface area contributed by atoms with E-state index < -0.39 is 0 Å². The lowest BCUT2D eigenvalue weighted by atomic mass is 9.93. The van der Waals surface area contributed by atoms with E-state index in [0.717, 1.165) is 162 Å². The highest BCUT2D eigenvalue weighted by molar-refractivity contribution is 6.25. The van der Waals surface area contributed by atoms with Gasteiger partial charge in [0.25, 0.3) is 0 Å². The zero-order valence-electron chi connectivity index (χ0n) is 75.7. The van der Waals surface area contributed by atoms with Crippen molar-refractivity contribution in [2.75, 3.05) is 0 Å². The third-order valence-corrected chi connectivity index (χ3v) is 32.2. The van der Waals surface area contributed by atoms with Crippen LogP contribution in [0.15, 0.2) is 365 Å². The maximum Gasteiger partial charge on any atom is 0.146 e. The zero-order chi connectivity index (χ0) is 90.7. The van der Waals surface area contributed by atoms with Crippen molar-refractivity contribution in [3.8, 4) is 89.0 Å². The van der Waals surface area contributed by atoms with Crippen molar-refractivity contribution in [3.05, 3.63) is 454 Å². The van der Waals surface area contributed by atoms with Gasteiger partial charge < -0.3 is 0 Å². The molecule has 0 fully saturated rings. The topological polar surface area (TPSA) is 121 Å². The first-order valence-electron chi connectivity index (χ1n) is 48.8. The molecule has 0 bridgehead atoms. The molecule has 8 aliphatic carbocycles. The fraction of sp³-hybridized carbons (Fsp3) is 0.0625. The quantitative estimate of drug-likeness (QED) is 0.138. The summed E-state index contributed by atoms with van der Waals surface area (Å²) in [5, 5.41) is 9.59. The summed E-state index contributed by atoms with van der Waals surface area (Å²) in [6.07, 6.45) is 15.6. The van der Waals surface area contributed by atoms with Crippen LogP contribution in [0.5, 0.6) is 0 Å². The summed E-state index contributed by atoms with van der Waals surface area (Å²) in [4.78, 5) is 40.2. The SMILES string of the molecule is c1ccc2c(c1)Cc1c-2ccc2c1Cc1ccc3c(c1-2)c1ncccc1n1c2ccccc2nc31.c1ccc2c(c1)Cc1cc3c(cc1-2)-c1c(ccc2c1c1ncccc1n1c4ccccc4nc21)C3.c1ccc2c(c1)Cc1cc3c(cc1-2)Cc1ccc2c(c1-3)c1ncccc1n1c3ccccc3nc21.c1ccc2c(c1)Cc1ccc3c(c1-2)Cc1ccc2c(c1-3)c1ncccc1n1c3ccccc3nc21. The van der Waals surface area contributed by atoms with Crippen molar-refractivity contribution in [2.24, 2.45) is 0 Å². The van der Waals surface area contributed by atoms with E-state index in [4.69, 9.17) is 39.9 Å². The molecule has 0 saturated carbocycles. The van der Waals surface area contributed by atoms with Crippen LogP contribution < -0.4 is 0 Å². The van der Waals surface area contributed by atoms with Gasteiger partial charge in [-0.05, 0) is 345 Å². The summed E-state index contributed by atoms with van der Waals surface area (Å²) in [7, 11) is 0. The minimum absolute atomic E-state index is 0.964. The number of para-hydroxylation sites is 8. The van der Waals surface area contributed by atoms with Gasteiger partial charge in [0.1, 0.15) is 22.6 Å². The van der Waals surface area contributed by atoms with Crippen LogP contribution in [0.1, 0.15) is 89.0 Å². The summed E-state index contributed by atoms with van der Waals surface area (Å²) in [6, 6.07) is 123. The molecule has 648 valence electrons. The van der Waals surface area contributed by atoms with Crippen molar-refractivity contribution in [3.63, 3.8) is 0 Å². The molecule has 0 spiro atoms. The van der Waals surface area contributed by atoms with Gasteiger partial charge >= 0.3 is 0 Å². The summed E-state index contributed by atoms with van der Waals surface area (Å²) in [5.74, 6) is 0. The number of imidazole rings is 4. The average molecular weight is 1780 g/mol. The highest BCUT2D eigenvalue weighted by Crippen LogP contribution is 2.57. The van der Waals surface area contributed by atoms with E-state index in [9.17, 15) is 0 Å². The monoisotopic (exact) mass is 1780 g/mol. The van der Waals surface area contributed by atoms with E-state index in [2.05, 4.69) is 333 Å². The molecule has 0 radical (unpaired) electrons. The van der Waals surface area contributed by atoms with Gasteiger partial charge in [-0.2, -0.15) is 0 Å². The molecule has 16 aromatic carbocycles. The molecule has 0 unspecified atom stereocenters. The van der Waals surface area contributed by atoms with Crippen molar-refractivity contribution in [2.45, 2.75) is 51.4 Å². The Labute approximate surface area is 799 Å². The fourth-order valence-electron chi connectivity index (χ4n) is 26.5. The predicted octanol–water partition coefficient (Wildman–Crippen LogP) is 29.3. The first-order valence-corrected chi connectivity index (χ1v) is 48.8. The van der Waals surface area contributed by atoms with E-state index in [1.807, 2.05) is 49.1 Å². The first-order chi connectivity index (χ1) is 69.4. The molecule has 36 rings (SSSR count). The first kappa shape index (κ1) is 75.3. The Bertz CT molecular complexity index is 10300. The third-order valence-electron chi connectivity index (χ3n) is 32.2. The Morgan fingerprint density at radius 1 is 0.164 bits per heavy atom. The summed E-state index contributed by atoms with van der Waals surface area (Å²) >= 11 is 0. The Balaban J connectivity index is 0.0000000829. The van der Waals surface area contributed by atoms with E-state index in [0.29, 0.717) is 0 Å².